The molecular weight excluding hydrogens is 274 g/mol. The van der Waals surface area contributed by atoms with Gasteiger partial charge in [0, 0.05) is 18.3 Å². The predicted octanol–water partition coefficient (Wildman–Crippen LogP) is 2.48. The Morgan fingerprint density at radius 1 is 1.23 bits per heavy atom. The van der Waals surface area contributed by atoms with Crippen molar-refractivity contribution in [2.45, 2.75) is 25.3 Å². The summed E-state index contributed by atoms with van der Waals surface area (Å²) < 4.78 is 0. The first kappa shape index (κ1) is 14.7. The number of benzene rings is 1. The van der Waals surface area contributed by atoms with Gasteiger partial charge in [0.25, 0.3) is 5.91 Å². The van der Waals surface area contributed by atoms with Gasteiger partial charge in [0.15, 0.2) is 0 Å². The number of hydrogen-bond acceptors (Lipinski definition) is 3. The van der Waals surface area contributed by atoms with Crippen LogP contribution in [0.2, 0.25) is 0 Å². The van der Waals surface area contributed by atoms with E-state index in [2.05, 4.69) is 27.8 Å². The van der Waals surface area contributed by atoms with Crippen LogP contribution in [-0.2, 0) is 6.54 Å². The molecule has 4 nitrogen and oxygen atoms in total. The maximum absolute atomic E-state index is 12.2. The highest BCUT2D eigenvalue weighted by Gasteiger charge is 2.15. The van der Waals surface area contributed by atoms with Crippen LogP contribution in [0.15, 0.2) is 48.7 Å². The standard InChI is InChI=1S/C18H21N3O/c22-18(21-13-17-5-1-2-11-20-17)15-8-6-14(7-9-15)16-4-3-10-19-12-16/h1-2,5-9,11,16,19H,3-4,10,12-13H2,(H,21,22). The summed E-state index contributed by atoms with van der Waals surface area (Å²) in [7, 11) is 0. The van der Waals surface area contributed by atoms with Crippen molar-refractivity contribution < 1.29 is 4.79 Å². The monoisotopic (exact) mass is 295 g/mol. The van der Waals surface area contributed by atoms with Crippen LogP contribution in [0.25, 0.3) is 0 Å². The molecule has 1 amide bonds. The van der Waals surface area contributed by atoms with Crippen LogP contribution in [0.4, 0.5) is 0 Å². The highest BCUT2D eigenvalue weighted by molar-refractivity contribution is 5.94. The summed E-state index contributed by atoms with van der Waals surface area (Å²) in [6.45, 7) is 2.60. The predicted molar refractivity (Wildman–Crippen MR) is 86.7 cm³/mol. The molecule has 22 heavy (non-hydrogen) atoms. The Kier molecular flexibility index (Phi) is 4.81. The molecule has 1 aromatic carbocycles. The van der Waals surface area contributed by atoms with E-state index in [0.29, 0.717) is 18.0 Å². The first-order chi connectivity index (χ1) is 10.8. The number of aromatic nitrogens is 1. The topological polar surface area (TPSA) is 54.0 Å². The first-order valence-corrected chi connectivity index (χ1v) is 7.82. The van der Waals surface area contributed by atoms with Crippen molar-refractivity contribution in [1.29, 1.82) is 0 Å². The van der Waals surface area contributed by atoms with E-state index in [1.54, 1.807) is 6.20 Å². The summed E-state index contributed by atoms with van der Waals surface area (Å²) in [4.78, 5) is 16.4. The molecule has 0 radical (unpaired) electrons. The largest absolute Gasteiger partial charge is 0.346 e. The number of rotatable bonds is 4. The van der Waals surface area contributed by atoms with Crippen molar-refractivity contribution in [2.24, 2.45) is 0 Å². The number of nitrogens with zero attached hydrogens (tertiary/aromatic N) is 1. The third-order valence-corrected chi connectivity index (χ3v) is 4.10. The molecule has 114 valence electrons. The minimum Gasteiger partial charge on any atom is -0.346 e. The lowest BCUT2D eigenvalue weighted by Crippen LogP contribution is -2.28. The maximum atomic E-state index is 12.2. The zero-order chi connectivity index (χ0) is 15.2. The van der Waals surface area contributed by atoms with Crippen LogP contribution < -0.4 is 10.6 Å². The maximum Gasteiger partial charge on any atom is 0.251 e. The van der Waals surface area contributed by atoms with Crippen LogP contribution in [0.3, 0.4) is 0 Å². The van der Waals surface area contributed by atoms with Crippen molar-refractivity contribution in [3.05, 3.63) is 65.5 Å². The minimum absolute atomic E-state index is 0.0565. The number of nitrogens with one attached hydrogen (secondary N) is 2. The molecule has 0 spiro atoms. The highest BCUT2D eigenvalue weighted by Crippen LogP contribution is 2.23. The third-order valence-electron chi connectivity index (χ3n) is 4.10. The minimum atomic E-state index is -0.0565. The second-order valence-corrected chi connectivity index (χ2v) is 5.67. The molecule has 3 rings (SSSR count). The van der Waals surface area contributed by atoms with E-state index in [0.717, 1.165) is 18.8 Å². The van der Waals surface area contributed by atoms with Crippen molar-refractivity contribution >= 4 is 5.91 Å². The summed E-state index contributed by atoms with van der Waals surface area (Å²) in [6.07, 6.45) is 4.17. The summed E-state index contributed by atoms with van der Waals surface area (Å²) in [6, 6.07) is 13.7. The lowest BCUT2D eigenvalue weighted by molar-refractivity contribution is 0.0950. The van der Waals surface area contributed by atoms with Gasteiger partial charge in [-0.25, -0.2) is 0 Å². The molecule has 1 atom stereocenters. The lowest BCUT2D eigenvalue weighted by Gasteiger charge is -2.23. The Hall–Kier alpha value is -2.20. The zero-order valence-corrected chi connectivity index (χ0v) is 12.6. The van der Waals surface area contributed by atoms with Gasteiger partial charge in [-0.1, -0.05) is 18.2 Å². The second-order valence-electron chi connectivity index (χ2n) is 5.67. The van der Waals surface area contributed by atoms with Gasteiger partial charge in [-0.3, -0.25) is 9.78 Å². The Bertz CT molecular complexity index is 604. The molecule has 1 aliphatic heterocycles. The van der Waals surface area contributed by atoms with E-state index < -0.39 is 0 Å². The number of carbonyl (C=O) groups is 1. The normalized spacial score (nSPS) is 17.9. The number of piperidine rings is 1. The molecule has 2 aromatic rings. The molecule has 2 N–H and O–H groups in total. The fraction of sp³-hybridized carbons (Fsp3) is 0.333. The van der Waals surface area contributed by atoms with Gasteiger partial charge in [-0.15, -0.1) is 0 Å². The molecule has 1 fully saturated rings. The van der Waals surface area contributed by atoms with Gasteiger partial charge in [0.05, 0.1) is 12.2 Å². The third kappa shape index (κ3) is 3.71. The molecule has 0 bridgehead atoms. The van der Waals surface area contributed by atoms with Crippen LogP contribution >= 0.6 is 0 Å². The fourth-order valence-corrected chi connectivity index (χ4v) is 2.82. The molecule has 4 heteroatoms. The smallest absolute Gasteiger partial charge is 0.251 e. The Labute approximate surface area is 131 Å². The van der Waals surface area contributed by atoms with E-state index in [1.807, 2.05) is 30.3 Å². The van der Waals surface area contributed by atoms with Gasteiger partial charge in [-0.2, -0.15) is 0 Å². The Balaban J connectivity index is 1.58. The molecular formula is C18H21N3O. The van der Waals surface area contributed by atoms with Crippen molar-refractivity contribution in [2.75, 3.05) is 13.1 Å². The summed E-state index contributed by atoms with van der Waals surface area (Å²) in [5.41, 5.74) is 2.87. The van der Waals surface area contributed by atoms with Crippen LogP contribution in [-0.4, -0.2) is 24.0 Å². The van der Waals surface area contributed by atoms with Gasteiger partial charge >= 0.3 is 0 Å². The second kappa shape index (κ2) is 7.18. The summed E-state index contributed by atoms with van der Waals surface area (Å²) in [5, 5.41) is 6.32. The average molecular weight is 295 g/mol. The summed E-state index contributed by atoms with van der Waals surface area (Å²) in [5.74, 6) is 0.512. The van der Waals surface area contributed by atoms with Crippen molar-refractivity contribution in [1.82, 2.24) is 15.6 Å². The summed E-state index contributed by atoms with van der Waals surface area (Å²) >= 11 is 0. The number of amides is 1. The van der Waals surface area contributed by atoms with Crippen molar-refractivity contribution in [3.63, 3.8) is 0 Å². The molecule has 1 saturated heterocycles. The number of pyridine rings is 1. The first-order valence-electron chi connectivity index (χ1n) is 7.82. The van der Waals surface area contributed by atoms with E-state index in [1.165, 1.54) is 18.4 Å². The van der Waals surface area contributed by atoms with Gasteiger partial charge < -0.3 is 10.6 Å². The molecule has 2 heterocycles. The number of hydrogen-bond donors (Lipinski definition) is 2. The average Bonchev–Trinajstić information content (AvgIpc) is 2.61. The Morgan fingerprint density at radius 3 is 2.77 bits per heavy atom. The zero-order valence-electron chi connectivity index (χ0n) is 12.6. The van der Waals surface area contributed by atoms with Crippen molar-refractivity contribution in [3.8, 4) is 0 Å². The van der Waals surface area contributed by atoms with Crippen LogP contribution in [0, 0.1) is 0 Å². The van der Waals surface area contributed by atoms with E-state index in [-0.39, 0.29) is 5.91 Å². The van der Waals surface area contributed by atoms with Gasteiger partial charge in [0.2, 0.25) is 0 Å². The fourth-order valence-electron chi connectivity index (χ4n) is 2.82. The van der Waals surface area contributed by atoms with E-state index in [9.17, 15) is 4.79 Å². The quantitative estimate of drug-likeness (QED) is 0.911. The molecule has 1 aromatic heterocycles. The number of carbonyl (C=O) groups excluding carboxylic acids is 1. The lowest BCUT2D eigenvalue weighted by atomic mass is 9.91. The molecule has 0 saturated carbocycles. The highest BCUT2D eigenvalue weighted by atomic mass is 16.1. The molecule has 1 unspecified atom stereocenters. The molecule has 0 aliphatic carbocycles. The van der Waals surface area contributed by atoms with E-state index >= 15 is 0 Å². The van der Waals surface area contributed by atoms with E-state index in [4.69, 9.17) is 0 Å². The van der Waals surface area contributed by atoms with Gasteiger partial charge in [0.1, 0.15) is 0 Å². The molecule has 1 aliphatic rings. The van der Waals surface area contributed by atoms with Crippen LogP contribution in [0.1, 0.15) is 40.4 Å². The Morgan fingerprint density at radius 2 is 2.09 bits per heavy atom. The van der Waals surface area contributed by atoms with Crippen LogP contribution in [0.5, 0.6) is 0 Å². The SMILES string of the molecule is O=C(NCc1ccccn1)c1ccc(C2CCCNC2)cc1. The van der Waals surface area contributed by atoms with Gasteiger partial charge in [-0.05, 0) is 55.1 Å².